The topological polar surface area (TPSA) is 37.3 Å². The Labute approximate surface area is 112 Å². The fourth-order valence-corrected chi connectivity index (χ4v) is 2.68. The van der Waals surface area contributed by atoms with Crippen LogP contribution in [0.25, 0.3) is 0 Å². The van der Waals surface area contributed by atoms with E-state index in [-0.39, 0.29) is 10.5 Å². The zero-order valence-corrected chi connectivity index (χ0v) is 10.6. The standard InChI is InChI=1S/C13H8ClFO2S/c14-8-3-1-4-9(7-8)18-12-10(13(16)17)5-2-6-11(12)15/h1-7H,(H,16,17). The van der Waals surface area contributed by atoms with Crippen LogP contribution in [0, 0.1) is 5.82 Å². The molecule has 0 fully saturated rings. The first-order valence-corrected chi connectivity index (χ1v) is 6.22. The molecule has 0 atom stereocenters. The zero-order chi connectivity index (χ0) is 13.1. The lowest BCUT2D eigenvalue weighted by atomic mass is 10.2. The number of benzene rings is 2. The lowest BCUT2D eigenvalue weighted by molar-refractivity contribution is 0.0692. The fourth-order valence-electron chi connectivity index (χ4n) is 1.43. The summed E-state index contributed by atoms with van der Waals surface area (Å²) in [6.45, 7) is 0. The second kappa shape index (κ2) is 5.42. The molecular weight excluding hydrogens is 275 g/mol. The van der Waals surface area contributed by atoms with Gasteiger partial charge in [-0.2, -0.15) is 0 Å². The number of carboxylic acids is 1. The van der Waals surface area contributed by atoms with Crippen LogP contribution in [0.15, 0.2) is 52.3 Å². The second-order valence-corrected chi connectivity index (χ2v) is 5.00. The van der Waals surface area contributed by atoms with Crippen molar-refractivity contribution in [3.63, 3.8) is 0 Å². The van der Waals surface area contributed by atoms with Crippen LogP contribution in [-0.2, 0) is 0 Å². The molecule has 0 aromatic heterocycles. The van der Waals surface area contributed by atoms with Crippen molar-refractivity contribution in [2.75, 3.05) is 0 Å². The third kappa shape index (κ3) is 2.83. The number of carboxylic acid groups (broad SMARTS) is 1. The number of hydrogen-bond acceptors (Lipinski definition) is 2. The van der Waals surface area contributed by atoms with Gasteiger partial charge in [0.05, 0.1) is 10.5 Å². The van der Waals surface area contributed by atoms with Gasteiger partial charge in [-0.05, 0) is 30.3 Å². The number of hydrogen-bond donors (Lipinski definition) is 1. The van der Waals surface area contributed by atoms with Crippen molar-refractivity contribution < 1.29 is 14.3 Å². The van der Waals surface area contributed by atoms with Gasteiger partial charge in [0.1, 0.15) is 5.82 Å². The van der Waals surface area contributed by atoms with E-state index in [1.807, 2.05) is 0 Å². The molecule has 2 aromatic rings. The first kappa shape index (κ1) is 12.9. The molecule has 0 spiro atoms. The normalized spacial score (nSPS) is 10.3. The van der Waals surface area contributed by atoms with Gasteiger partial charge in [-0.25, -0.2) is 9.18 Å². The molecule has 0 saturated heterocycles. The smallest absolute Gasteiger partial charge is 0.336 e. The van der Waals surface area contributed by atoms with E-state index >= 15 is 0 Å². The zero-order valence-electron chi connectivity index (χ0n) is 9.06. The maximum atomic E-state index is 13.7. The van der Waals surface area contributed by atoms with Gasteiger partial charge in [0.25, 0.3) is 0 Å². The van der Waals surface area contributed by atoms with Crippen LogP contribution in [0.1, 0.15) is 10.4 Å². The van der Waals surface area contributed by atoms with Crippen LogP contribution in [0.5, 0.6) is 0 Å². The highest BCUT2D eigenvalue weighted by molar-refractivity contribution is 7.99. The number of aromatic carboxylic acids is 1. The molecule has 0 aliphatic heterocycles. The summed E-state index contributed by atoms with van der Waals surface area (Å²) in [7, 11) is 0. The van der Waals surface area contributed by atoms with Crippen molar-refractivity contribution in [3.05, 3.63) is 58.9 Å². The number of halogens is 2. The fraction of sp³-hybridized carbons (Fsp3) is 0. The third-order valence-electron chi connectivity index (χ3n) is 2.21. The second-order valence-electron chi connectivity index (χ2n) is 3.48. The molecular formula is C13H8ClFO2S. The molecule has 0 unspecified atom stereocenters. The quantitative estimate of drug-likeness (QED) is 0.910. The largest absolute Gasteiger partial charge is 0.478 e. The molecule has 18 heavy (non-hydrogen) atoms. The monoisotopic (exact) mass is 282 g/mol. The molecule has 1 N–H and O–H groups in total. The summed E-state index contributed by atoms with van der Waals surface area (Å²) in [5.74, 6) is -1.71. The summed E-state index contributed by atoms with van der Waals surface area (Å²) in [5, 5.41) is 9.54. The summed E-state index contributed by atoms with van der Waals surface area (Å²) in [5.41, 5.74) is -0.0556. The Balaban J connectivity index is 2.42. The van der Waals surface area contributed by atoms with E-state index in [4.69, 9.17) is 16.7 Å². The van der Waals surface area contributed by atoms with Crippen molar-refractivity contribution in [1.82, 2.24) is 0 Å². The van der Waals surface area contributed by atoms with Gasteiger partial charge >= 0.3 is 5.97 Å². The van der Waals surface area contributed by atoms with Crippen LogP contribution >= 0.6 is 23.4 Å². The van der Waals surface area contributed by atoms with Crippen molar-refractivity contribution in [1.29, 1.82) is 0 Å². The lowest BCUT2D eigenvalue weighted by Gasteiger charge is -2.07. The van der Waals surface area contributed by atoms with Gasteiger partial charge in [0.2, 0.25) is 0 Å². The molecule has 5 heteroatoms. The minimum absolute atomic E-state index is 0.0556. The summed E-state index contributed by atoms with van der Waals surface area (Å²) in [6, 6.07) is 10.8. The molecule has 0 saturated carbocycles. The van der Waals surface area contributed by atoms with Crippen molar-refractivity contribution in [2.24, 2.45) is 0 Å². The van der Waals surface area contributed by atoms with Crippen molar-refractivity contribution >= 4 is 29.3 Å². The molecule has 2 rings (SSSR count). The van der Waals surface area contributed by atoms with Gasteiger partial charge in [-0.1, -0.05) is 35.5 Å². The minimum Gasteiger partial charge on any atom is -0.478 e. The predicted molar refractivity (Wildman–Crippen MR) is 68.9 cm³/mol. The van der Waals surface area contributed by atoms with Gasteiger partial charge < -0.3 is 5.11 Å². The van der Waals surface area contributed by atoms with Gasteiger partial charge in [-0.15, -0.1) is 0 Å². The summed E-state index contributed by atoms with van der Waals surface area (Å²) in [4.78, 5) is 11.8. The number of carbonyl (C=O) groups is 1. The first-order chi connectivity index (χ1) is 8.58. The average Bonchev–Trinajstić information content (AvgIpc) is 2.31. The van der Waals surface area contributed by atoms with E-state index in [9.17, 15) is 9.18 Å². The molecule has 0 aliphatic rings. The van der Waals surface area contributed by atoms with E-state index in [0.717, 1.165) is 11.8 Å². The van der Waals surface area contributed by atoms with Gasteiger partial charge in [0.15, 0.2) is 0 Å². The molecule has 0 aliphatic carbocycles. The minimum atomic E-state index is -1.15. The highest BCUT2D eigenvalue weighted by Crippen LogP contribution is 2.33. The van der Waals surface area contributed by atoms with Gasteiger partial charge in [-0.3, -0.25) is 0 Å². The SMILES string of the molecule is O=C(O)c1cccc(F)c1Sc1cccc(Cl)c1. The van der Waals surface area contributed by atoms with Gasteiger partial charge in [0, 0.05) is 9.92 Å². The molecule has 0 radical (unpaired) electrons. The Morgan fingerprint density at radius 2 is 1.94 bits per heavy atom. The van der Waals surface area contributed by atoms with Crippen molar-refractivity contribution in [2.45, 2.75) is 9.79 Å². The maximum Gasteiger partial charge on any atom is 0.336 e. The summed E-state index contributed by atoms with van der Waals surface area (Å²) in [6.07, 6.45) is 0. The Morgan fingerprint density at radius 1 is 1.22 bits per heavy atom. The third-order valence-corrected chi connectivity index (χ3v) is 3.56. The van der Waals surface area contributed by atoms with Crippen LogP contribution < -0.4 is 0 Å². The molecule has 0 bridgehead atoms. The Kier molecular flexibility index (Phi) is 3.89. The molecule has 92 valence electrons. The lowest BCUT2D eigenvalue weighted by Crippen LogP contribution is -2.00. The Morgan fingerprint density at radius 3 is 2.61 bits per heavy atom. The molecule has 2 nitrogen and oxygen atoms in total. The summed E-state index contributed by atoms with van der Waals surface area (Å²) >= 11 is 6.87. The van der Waals surface area contributed by atoms with E-state index in [0.29, 0.717) is 9.92 Å². The molecule has 0 heterocycles. The highest BCUT2D eigenvalue weighted by Gasteiger charge is 2.15. The Bertz CT molecular complexity index is 601. The van der Waals surface area contributed by atoms with E-state index in [1.54, 1.807) is 24.3 Å². The van der Waals surface area contributed by atoms with E-state index < -0.39 is 11.8 Å². The van der Waals surface area contributed by atoms with Crippen LogP contribution in [0.3, 0.4) is 0 Å². The van der Waals surface area contributed by atoms with Crippen molar-refractivity contribution in [3.8, 4) is 0 Å². The number of rotatable bonds is 3. The van der Waals surface area contributed by atoms with E-state index in [2.05, 4.69) is 0 Å². The van der Waals surface area contributed by atoms with Crippen LogP contribution in [-0.4, -0.2) is 11.1 Å². The van der Waals surface area contributed by atoms with Crippen LogP contribution in [0.4, 0.5) is 4.39 Å². The average molecular weight is 283 g/mol. The van der Waals surface area contributed by atoms with E-state index in [1.165, 1.54) is 18.2 Å². The molecule has 0 amide bonds. The highest BCUT2D eigenvalue weighted by atomic mass is 35.5. The molecule has 2 aromatic carbocycles. The maximum absolute atomic E-state index is 13.7. The Hall–Kier alpha value is -1.52. The predicted octanol–water partition coefficient (Wildman–Crippen LogP) is 4.33. The first-order valence-electron chi connectivity index (χ1n) is 5.03. The summed E-state index contributed by atoms with van der Waals surface area (Å²) < 4.78 is 13.7. The van der Waals surface area contributed by atoms with Crippen LogP contribution in [0.2, 0.25) is 5.02 Å².